The summed E-state index contributed by atoms with van der Waals surface area (Å²) in [6, 6.07) is 7.31. The molecule has 0 radical (unpaired) electrons. The number of hydrogen-bond donors (Lipinski definition) is 1. The first-order chi connectivity index (χ1) is 10.4. The van der Waals surface area contributed by atoms with Crippen LogP contribution in [-0.4, -0.2) is 21.7 Å². The van der Waals surface area contributed by atoms with Crippen molar-refractivity contribution >= 4 is 29.2 Å². The molecule has 0 fully saturated rings. The molecule has 1 heterocycles. The van der Waals surface area contributed by atoms with Gasteiger partial charge in [-0.25, -0.2) is 0 Å². The van der Waals surface area contributed by atoms with E-state index in [2.05, 4.69) is 10.3 Å². The molecule has 2 amide bonds. The minimum Gasteiger partial charge on any atom is -0.358 e. The third-order valence-corrected chi connectivity index (χ3v) is 3.07. The number of aryl methyl sites for hydroxylation is 1. The second-order valence-corrected chi connectivity index (χ2v) is 4.85. The summed E-state index contributed by atoms with van der Waals surface area (Å²) in [5.41, 5.74) is 0.561. The number of amides is 2. The van der Waals surface area contributed by atoms with Gasteiger partial charge in [-0.05, 0) is 47.2 Å². The number of hydrogen-bond acceptors (Lipinski definition) is 5. The van der Waals surface area contributed by atoms with Gasteiger partial charge in [0.25, 0.3) is 11.8 Å². The summed E-state index contributed by atoms with van der Waals surface area (Å²) in [5, 5.41) is 13.3. The lowest BCUT2D eigenvalue weighted by molar-refractivity contribution is -0.390. The second-order valence-electron chi connectivity index (χ2n) is 4.41. The van der Waals surface area contributed by atoms with Crippen molar-refractivity contribution in [3.63, 3.8) is 0 Å². The maximum atomic E-state index is 12.0. The van der Waals surface area contributed by atoms with Gasteiger partial charge in [-0.3, -0.25) is 14.9 Å². The number of benzene rings is 1. The molecule has 0 saturated heterocycles. The number of nitrogens with one attached hydrogen (secondary N) is 1. The van der Waals surface area contributed by atoms with Crippen LogP contribution in [0.2, 0.25) is 5.02 Å². The number of nitrogens with zero attached hydrogens (tertiary/aromatic N) is 2. The first kappa shape index (κ1) is 15.6. The van der Waals surface area contributed by atoms with E-state index in [9.17, 15) is 19.7 Å². The molecule has 0 spiro atoms. The van der Waals surface area contributed by atoms with E-state index >= 15 is 0 Å². The fraction of sp³-hybridized carbons (Fsp3) is 0.0714. The predicted octanol–water partition coefficient (Wildman–Crippen LogP) is 2.52. The highest BCUT2D eigenvalue weighted by Gasteiger charge is 2.18. The van der Waals surface area contributed by atoms with Gasteiger partial charge in [-0.15, -0.1) is 0 Å². The monoisotopic (exact) mass is 319 g/mol. The van der Waals surface area contributed by atoms with Crippen molar-refractivity contribution in [1.82, 2.24) is 10.3 Å². The van der Waals surface area contributed by atoms with Gasteiger partial charge in [0.2, 0.25) is 0 Å². The second kappa shape index (κ2) is 6.31. The van der Waals surface area contributed by atoms with Crippen LogP contribution in [0.25, 0.3) is 0 Å². The lowest BCUT2D eigenvalue weighted by atomic mass is 10.1. The van der Waals surface area contributed by atoms with Gasteiger partial charge >= 0.3 is 5.82 Å². The predicted molar refractivity (Wildman–Crippen MR) is 78.9 cm³/mol. The Kier molecular flexibility index (Phi) is 4.47. The number of carbonyl (C=O) groups is 2. The van der Waals surface area contributed by atoms with E-state index in [1.165, 1.54) is 37.3 Å². The molecule has 22 heavy (non-hydrogen) atoms. The van der Waals surface area contributed by atoms with E-state index in [0.717, 1.165) is 6.20 Å². The van der Waals surface area contributed by atoms with E-state index < -0.39 is 16.7 Å². The molecule has 0 aliphatic carbocycles. The molecule has 0 saturated carbocycles. The molecule has 1 aromatic heterocycles. The molecular formula is C14H10ClN3O4. The number of rotatable bonds is 3. The molecule has 2 rings (SSSR count). The summed E-state index contributed by atoms with van der Waals surface area (Å²) >= 11 is 5.71. The lowest BCUT2D eigenvalue weighted by Gasteiger charge is -2.04. The molecule has 0 atom stereocenters. The third kappa shape index (κ3) is 3.44. The summed E-state index contributed by atoms with van der Waals surface area (Å²) in [6.07, 6.45) is 1.05. The van der Waals surface area contributed by atoms with Crippen molar-refractivity contribution in [3.8, 4) is 0 Å². The molecular weight excluding hydrogens is 310 g/mol. The van der Waals surface area contributed by atoms with Crippen LogP contribution in [0.1, 0.15) is 26.3 Å². The highest BCUT2D eigenvalue weighted by atomic mass is 35.5. The van der Waals surface area contributed by atoms with Gasteiger partial charge < -0.3 is 10.1 Å². The maximum Gasteiger partial charge on any atom is 0.366 e. The summed E-state index contributed by atoms with van der Waals surface area (Å²) in [4.78, 5) is 37.5. The van der Waals surface area contributed by atoms with E-state index in [1.54, 1.807) is 0 Å². The molecule has 1 N–H and O–H groups in total. The highest BCUT2D eigenvalue weighted by Crippen LogP contribution is 2.15. The van der Waals surface area contributed by atoms with Crippen molar-refractivity contribution in [2.45, 2.75) is 6.92 Å². The fourth-order valence-corrected chi connectivity index (χ4v) is 1.86. The lowest BCUT2D eigenvalue weighted by Crippen LogP contribution is -2.30. The number of carbonyl (C=O) groups excluding carboxylic acids is 2. The molecule has 0 unspecified atom stereocenters. The molecule has 0 aliphatic rings. The Morgan fingerprint density at radius 2 is 1.77 bits per heavy atom. The Morgan fingerprint density at radius 3 is 2.32 bits per heavy atom. The quantitative estimate of drug-likeness (QED) is 0.532. The first-order valence-corrected chi connectivity index (χ1v) is 6.48. The third-order valence-electron chi connectivity index (χ3n) is 2.82. The van der Waals surface area contributed by atoms with Crippen LogP contribution in [0.3, 0.4) is 0 Å². The minimum absolute atomic E-state index is 0.0606. The van der Waals surface area contributed by atoms with Gasteiger partial charge in [0.1, 0.15) is 0 Å². The molecule has 8 heteroatoms. The zero-order valence-electron chi connectivity index (χ0n) is 11.4. The average Bonchev–Trinajstić information content (AvgIpc) is 2.47. The van der Waals surface area contributed by atoms with E-state index in [-0.39, 0.29) is 22.5 Å². The number of aromatic nitrogens is 1. The SMILES string of the molecule is Cc1cc(C(=O)NC(=O)c2ccc(Cl)cc2)cnc1[N+](=O)[O-]. The van der Waals surface area contributed by atoms with Crippen LogP contribution in [-0.2, 0) is 0 Å². The molecule has 0 bridgehead atoms. The standard InChI is InChI=1S/C14H10ClN3O4/c1-8-6-10(7-16-12(8)18(21)22)14(20)17-13(19)9-2-4-11(15)5-3-9/h2-7H,1H3,(H,17,19,20). The number of imide groups is 1. The first-order valence-electron chi connectivity index (χ1n) is 6.11. The Hall–Kier alpha value is -2.80. The van der Waals surface area contributed by atoms with Gasteiger partial charge in [0.05, 0.1) is 5.56 Å². The largest absolute Gasteiger partial charge is 0.366 e. The van der Waals surface area contributed by atoms with Crippen LogP contribution >= 0.6 is 11.6 Å². The van der Waals surface area contributed by atoms with E-state index in [0.29, 0.717) is 5.02 Å². The van der Waals surface area contributed by atoms with Crippen molar-refractivity contribution in [2.75, 3.05) is 0 Å². The summed E-state index contributed by atoms with van der Waals surface area (Å²) < 4.78 is 0. The number of nitro groups is 1. The zero-order chi connectivity index (χ0) is 16.3. The van der Waals surface area contributed by atoms with E-state index in [4.69, 9.17) is 11.6 Å². The van der Waals surface area contributed by atoms with Gasteiger partial charge in [0, 0.05) is 16.1 Å². The number of pyridine rings is 1. The number of halogens is 1. The molecule has 1 aromatic carbocycles. The van der Waals surface area contributed by atoms with Gasteiger partial charge in [-0.2, -0.15) is 0 Å². The van der Waals surface area contributed by atoms with Crippen LogP contribution < -0.4 is 5.32 Å². The van der Waals surface area contributed by atoms with Crippen LogP contribution in [0.4, 0.5) is 5.82 Å². The van der Waals surface area contributed by atoms with Gasteiger partial charge in [0.15, 0.2) is 6.20 Å². The normalized spacial score (nSPS) is 10.1. The maximum absolute atomic E-state index is 12.0. The van der Waals surface area contributed by atoms with Crippen LogP contribution in [0.15, 0.2) is 36.5 Å². The molecule has 7 nitrogen and oxygen atoms in total. The van der Waals surface area contributed by atoms with Gasteiger partial charge in [-0.1, -0.05) is 11.6 Å². The van der Waals surface area contributed by atoms with Crippen molar-refractivity contribution < 1.29 is 14.5 Å². The summed E-state index contributed by atoms with van der Waals surface area (Å²) in [7, 11) is 0. The van der Waals surface area contributed by atoms with Crippen molar-refractivity contribution in [3.05, 3.63) is 68.4 Å². The Morgan fingerprint density at radius 1 is 1.18 bits per heavy atom. The van der Waals surface area contributed by atoms with Crippen LogP contribution in [0.5, 0.6) is 0 Å². The molecule has 2 aromatic rings. The zero-order valence-corrected chi connectivity index (χ0v) is 12.1. The summed E-state index contributed by atoms with van der Waals surface area (Å²) in [5.74, 6) is -1.62. The minimum atomic E-state index is -0.689. The highest BCUT2D eigenvalue weighted by molar-refractivity contribution is 6.30. The molecule has 112 valence electrons. The fourth-order valence-electron chi connectivity index (χ4n) is 1.73. The average molecular weight is 320 g/mol. The Balaban J connectivity index is 2.15. The van der Waals surface area contributed by atoms with Crippen molar-refractivity contribution in [2.24, 2.45) is 0 Å². The Bertz CT molecular complexity index is 759. The smallest absolute Gasteiger partial charge is 0.358 e. The van der Waals surface area contributed by atoms with Crippen LogP contribution in [0, 0.1) is 17.0 Å². The Labute approximate surface area is 130 Å². The topological polar surface area (TPSA) is 102 Å². The van der Waals surface area contributed by atoms with Crippen molar-refractivity contribution in [1.29, 1.82) is 0 Å². The molecule has 0 aliphatic heterocycles. The van der Waals surface area contributed by atoms with E-state index in [1.807, 2.05) is 0 Å². The summed E-state index contributed by atoms with van der Waals surface area (Å²) in [6.45, 7) is 1.46.